The molecule has 0 spiro atoms. The molecule has 65 heavy (non-hydrogen) atoms. The van der Waals surface area contributed by atoms with Crippen LogP contribution >= 0.6 is 0 Å². The predicted molar refractivity (Wildman–Crippen MR) is 267 cm³/mol. The zero-order chi connectivity index (χ0) is 42.5. The van der Waals surface area contributed by atoms with Crippen LogP contribution in [0.4, 0.5) is 0 Å². The Morgan fingerprint density at radius 1 is 0.569 bits per heavy atom. The molecular formula is C60H41N5. The Hall–Kier alpha value is -7.89. The number of fused-ring (bicyclic) bond motifs is 7. The Morgan fingerprint density at radius 3 is 2.17 bits per heavy atom. The summed E-state index contributed by atoms with van der Waals surface area (Å²) >= 11 is 0. The van der Waals surface area contributed by atoms with Gasteiger partial charge in [-0.2, -0.15) is 9.97 Å². The molecule has 0 saturated heterocycles. The number of allylic oxidation sites excluding steroid dienone is 11. The number of hydrogen-bond acceptors (Lipinski definition) is 3. The van der Waals surface area contributed by atoms with Gasteiger partial charge in [-0.15, -0.1) is 0 Å². The van der Waals surface area contributed by atoms with Crippen LogP contribution in [0.25, 0.3) is 102 Å². The summed E-state index contributed by atoms with van der Waals surface area (Å²) in [5, 5.41) is 4.77. The van der Waals surface area contributed by atoms with E-state index in [4.69, 9.17) is 15.0 Å². The van der Waals surface area contributed by atoms with Crippen LogP contribution in [0.2, 0.25) is 0 Å². The van der Waals surface area contributed by atoms with Crippen molar-refractivity contribution in [2.75, 3.05) is 0 Å². The minimum Gasteiger partial charge on any atom is -0.309 e. The van der Waals surface area contributed by atoms with Crippen molar-refractivity contribution >= 4 is 67.4 Å². The molecular weight excluding hydrogens is 791 g/mol. The molecule has 6 aliphatic carbocycles. The molecule has 4 unspecified atom stereocenters. The smallest absolute Gasteiger partial charge is 0.238 e. The minimum atomic E-state index is 0.331. The number of nitrogens with zero attached hydrogens (tertiary/aromatic N) is 5. The van der Waals surface area contributed by atoms with Gasteiger partial charge in [-0.3, -0.25) is 4.57 Å². The van der Waals surface area contributed by atoms with Crippen LogP contribution in [0.3, 0.4) is 0 Å². The van der Waals surface area contributed by atoms with Gasteiger partial charge in [0, 0.05) is 56.1 Å². The Bertz CT molecular complexity index is 3860. The number of rotatable bonds is 4. The monoisotopic (exact) mass is 831 g/mol. The molecule has 6 aliphatic rings. The van der Waals surface area contributed by atoms with E-state index in [2.05, 4.69) is 198 Å². The van der Waals surface area contributed by atoms with Gasteiger partial charge in [0.25, 0.3) is 0 Å². The van der Waals surface area contributed by atoms with Gasteiger partial charge in [0.05, 0.1) is 22.1 Å². The van der Waals surface area contributed by atoms with Crippen LogP contribution in [0.5, 0.6) is 0 Å². The van der Waals surface area contributed by atoms with E-state index in [-0.39, 0.29) is 0 Å². The van der Waals surface area contributed by atoms with E-state index >= 15 is 0 Å². The number of hydrogen-bond donors (Lipinski definition) is 0. The first kappa shape index (κ1) is 35.6. The van der Waals surface area contributed by atoms with E-state index < -0.39 is 0 Å². The third-order valence-corrected chi connectivity index (χ3v) is 15.2. The SMILES string of the molecule is CC1C=CC2=C3c4c(cc(-c5nc(-c6cc7c8c(c6)C=CC6C=CC=C(C=C7)C86)nc(-n6c7ccccc7c7c6ccc6c8ccccc8n(-c8ccccc8)c67)n5)cc4CC2)C=CC31. The highest BCUT2D eigenvalue weighted by atomic mass is 15.2. The van der Waals surface area contributed by atoms with Gasteiger partial charge in [-0.25, -0.2) is 4.98 Å². The standard InChI is InChI=1S/C60H41N5/c1-34-18-19-37-22-25-40-32-43(33-41-26-27-45(34)55(37)54(40)41)59-61-58(42-30-38-23-20-35-10-9-11-36-21-24-39(31-42)53(38)52(35)36)62-60(63-59)65-50-17-8-6-15-48(50)56-51(65)29-28-47-46-14-5-7-16-49(46)64(57(47)56)44-12-3-2-4-13-44/h2-21,23-24,26-35,45,52H,22,25H2,1H3. The largest absolute Gasteiger partial charge is 0.309 e. The quantitative estimate of drug-likeness (QED) is 0.177. The summed E-state index contributed by atoms with van der Waals surface area (Å²) < 4.78 is 4.71. The molecule has 0 aliphatic heterocycles. The third kappa shape index (κ3) is 4.95. The van der Waals surface area contributed by atoms with Crippen molar-refractivity contribution in [2.24, 2.45) is 17.8 Å². The maximum absolute atomic E-state index is 5.54. The van der Waals surface area contributed by atoms with E-state index in [9.17, 15) is 0 Å². The number of benzene rings is 6. The van der Waals surface area contributed by atoms with Crippen molar-refractivity contribution < 1.29 is 0 Å². The molecule has 0 saturated carbocycles. The normalized spacial score (nSPS) is 20.6. The van der Waals surface area contributed by atoms with Crippen LogP contribution in [0.1, 0.15) is 52.6 Å². The summed E-state index contributed by atoms with van der Waals surface area (Å²) in [5.41, 5.74) is 19.9. The van der Waals surface area contributed by atoms with Crippen molar-refractivity contribution in [3.05, 3.63) is 208 Å². The average molecular weight is 832 g/mol. The Kier molecular flexibility index (Phi) is 7.16. The first-order chi connectivity index (χ1) is 32.1. The van der Waals surface area contributed by atoms with Crippen molar-refractivity contribution in [3.8, 4) is 34.4 Å². The molecule has 0 bridgehead atoms. The topological polar surface area (TPSA) is 48.5 Å². The van der Waals surface area contributed by atoms with E-state index in [0.29, 0.717) is 41.3 Å². The lowest BCUT2D eigenvalue weighted by Gasteiger charge is -2.36. The van der Waals surface area contributed by atoms with E-state index in [1.54, 1.807) is 0 Å². The second-order valence-corrected chi connectivity index (χ2v) is 18.7. The Morgan fingerprint density at radius 2 is 1.31 bits per heavy atom. The van der Waals surface area contributed by atoms with Gasteiger partial charge < -0.3 is 4.57 Å². The lowest BCUT2D eigenvalue weighted by molar-refractivity contribution is 0.608. The molecule has 3 aromatic heterocycles. The predicted octanol–water partition coefficient (Wildman–Crippen LogP) is 14.2. The van der Waals surface area contributed by atoms with Gasteiger partial charge in [0.2, 0.25) is 5.95 Å². The van der Waals surface area contributed by atoms with Crippen LogP contribution < -0.4 is 0 Å². The van der Waals surface area contributed by atoms with E-state index in [1.807, 2.05) is 0 Å². The highest BCUT2D eigenvalue weighted by Crippen LogP contribution is 2.51. The minimum absolute atomic E-state index is 0.331. The fourth-order valence-corrected chi connectivity index (χ4v) is 12.3. The van der Waals surface area contributed by atoms with Crippen LogP contribution in [0.15, 0.2) is 175 Å². The fourth-order valence-electron chi connectivity index (χ4n) is 12.3. The Balaban J connectivity index is 1.01. The molecule has 5 nitrogen and oxygen atoms in total. The molecule has 0 N–H and O–H groups in total. The summed E-state index contributed by atoms with van der Waals surface area (Å²) in [6, 6.07) is 42.2. The number of aromatic nitrogens is 5. The van der Waals surface area contributed by atoms with Crippen molar-refractivity contribution in [1.82, 2.24) is 24.1 Å². The van der Waals surface area contributed by atoms with Crippen LogP contribution in [-0.2, 0) is 6.42 Å². The lowest BCUT2D eigenvalue weighted by atomic mass is 9.68. The van der Waals surface area contributed by atoms with E-state index in [1.165, 1.54) is 77.3 Å². The van der Waals surface area contributed by atoms with Crippen LogP contribution in [0, 0.1) is 17.8 Å². The summed E-state index contributed by atoms with van der Waals surface area (Å²) in [4.78, 5) is 16.5. The summed E-state index contributed by atoms with van der Waals surface area (Å²) in [6.45, 7) is 2.35. The van der Waals surface area contributed by atoms with Gasteiger partial charge in [0.1, 0.15) is 0 Å². The third-order valence-electron chi connectivity index (χ3n) is 15.2. The van der Waals surface area contributed by atoms with Gasteiger partial charge >= 0.3 is 0 Å². The maximum atomic E-state index is 5.54. The summed E-state index contributed by atoms with van der Waals surface area (Å²) in [7, 11) is 0. The van der Waals surface area contributed by atoms with Crippen molar-refractivity contribution in [3.63, 3.8) is 0 Å². The zero-order valence-electron chi connectivity index (χ0n) is 35.8. The molecule has 15 rings (SSSR count). The molecule has 6 aromatic carbocycles. The molecule has 9 aromatic rings. The molecule has 0 amide bonds. The highest BCUT2D eigenvalue weighted by Gasteiger charge is 2.35. The summed E-state index contributed by atoms with van der Waals surface area (Å²) in [6.07, 6.45) is 27.7. The first-order valence-corrected chi connectivity index (χ1v) is 23.1. The first-order valence-electron chi connectivity index (χ1n) is 23.1. The fraction of sp³-hybridized carbons (Fsp3) is 0.117. The second kappa shape index (κ2) is 13.1. The zero-order valence-corrected chi connectivity index (χ0v) is 35.8. The molecule has 5 heteroatoms. The van der Waals surface area contributed by atoms with Gasteiger partial charge in [0.15, 0.2) is 11.6 Å². The van der Waals surface area contributed by atoms with E-state index in [0.717, 1.165) is 46.1 Å². The lowest BCUT2D eigenvalue weighted by Crippen LogP contribution is -2.22. The number of aryl methyl sites for hydroxylation is 1. The van der Waals surface area contributed by atoms with Gasteiger partial charge in [-0.05, 0) is 123 Å². The van der Waals surface area contributed by atoms with Crippen molar-refractivity contribution in [1.29, 1.82) is 0 Å². The highest BCUT2D eigenvalue weighted by molar-refractivity contribution is 6.26. The molecule has 0 radical (unpaired) electrons. The summed E-state index contributed by atoms with van der Waals surface area (Å²) in [5.74, 6) is 3.56. The Labute approximate surface area is 376 Å². The molecule has 0 fully saturated rings. The second-order valence-electron chi connectivity index (χ2n) is 18.7. The van der Waals surface area contributed by atoms with Crippen molar-refractivity contribution in [2.45, 2.75) is 25.7 Å². The molecule has 306 valence electrons. The van der Waals surface area contributed by atoms with Crippen LogP contribution in [-0.4, -0.2) is 24.1 Å². The molecule has 4 atom stereocenters. The number of para-hydroxylation sites is 3. The molecule has 3 heterocycles. The average Bonchev–Trinajstić information content (AvgIpc) is 3.88. The maximum Gasteiger partial charge on any atom is 0.238 e. The van der Waals surface area contributed by atoms with Gasteiger partial charge in [-0.1, -0.05) is 134 Å².